The van der Waals surface area contributed by atoms with E-state index in [0.717, 1.165) is 37.6 Å². The van der Waals surface area contributed by atoms with Crippen LogP contribution < -0.4 is 4.90 Å². The molecule has 0 radical (unpaired) electrons. The Labute approximate surface area is 156 Å². The van der Waals surface area contributed by atoms with Crippen molar-refractivity contribution in [2.24, 2.45) is 0 Å². The number of aromatic nitrogens is 1. The number of carboxylic acid groups (broad SMARTS) is 1. The predicted molar refractivity (Wildman–Crippen MR) is 104 cm³/mol. The summed E-state index contributed by atoms with van der Waals surface area (Å²) in [6.07, 6.45) is 1.67. The number of hydrogen-bond acceptors (Lipinski definition) is 5. The summed E-state index contributed by atoms with van der Waals surface area (Å²) in [6, 6.07) is 15.5. The average Bonchev–Trinajstić information content (AvgIpc) is 3.13. The zero-order valence-electron chi connectivity index (χ0n) is 14.8. The number of ether oxygens (including phenoxy) is 1. The van der Waals surface area contributed by atoms with Crippen LogP contribution >= 0.6 is 0 Å². The number of aliphatic carboxylic acids is 1. The molecule has 1 fully saturated rings. The molecule has 1 aliphatic rings. The average molecular weight is 364 g/mol. The molecule has 0 atom stereocenters. The second-order valence-electron chi connectivity index (χ2n) is 6.42. The first kappa shape index (κ1) is 17.3. The van der Waals surface area contributed by atoms with Crippen molar-refractivity contribution in [3.63, 3.8) is 0 Å². The van der Waals surface area contributed by atoms with Gasteiger partial charge in [0.05, 0.1) is 19.6 Å². The molecule has 0 bridgehead atoms. The Bertz CT molecular complexity index is 936. The van der Waals surface area contributed by atoms with Gasteiger partial charge in [-0.25, -0.2) is 4.98 Å². The minimum atomic E-state index is -0.923. The monoisotopic (exact) mass is 364 g/mol. The number of hydrogen-bond donors (Lipinski definition) is 1. The zero-order valence-corrected chi connectivity index (χ0v) is 14.8. The van der Waals surface area contributed by atoms with Crippen LogP contribution in [0.5, 0.6) is 0 Å². The highest BCUT2D eigenvalue weighted by atomic mass is 16.5. The summed E-state index contributed by atoms with van der Waals surface area (Å²) in [5.74, 6) is -0.579. The maximum Gasteiger partial charge on any atom is 0.308 e. The van der Waals surface area contributed by atoms with Crippen LogP contribution in [0.3, 0.4) is 0 Å². The molecule has 1 saturated heterocycles. The van der Waals surface area contributed by atoms with Crippen LogP contribution in [0.2, 0.25) is 0 Å². The molecule has 6 nitrogen and oxygen atoms in total. The summed E-state index contributed by atoms with van der Waals surface area (Å²) in [4.78, 5) is 18.0. The SMILES string of the molecule is O=C(O)C/C(=C\c1ccc(N2CCOCC2)cc1)c1nc2ccccc2o1. The maximum atomic E-state index is 11.3. The highest BCUT2D eigenvalue weighted by Gasteiger charge is 2.15. The summed E-state index contributed by atoms with van der Waals surface area (Å²) in [5, 5.41) is 9.28. The largest absolute Gasteiger partial charge is 0.481 e. The molecule has 1 aromatic heterocycles. The molecule has 0 spiro atoms. The van der Waals surface area contributed by atoms with Crippen molar-refractivity contribution in [2.75, 3.05) is 31.2 Å². The van der Waals surface area contributed by atoms with Gasteiger partial charge in [-0.05, 0) is 35.9 Å². The molecule has 6 heteroatoms. The van der Waals surface area contributed by atoms with E-state index >= 15 is 0 Å². The standard InChI is InChI=1S/C21H20N2O4/c24-20(25)14-16(21-22-18-3-1-2-4-19(18)27-21)13-15-5-7-17(8-6-15)23-9-11-26-12-10-23/h1-8,13H,9-12,14H2,(H,24,25)/b16-13+. The molecule has 1 aliphatic heterocycles. The topological polar surface area (TPSA) is 75.8 Å². The van der Waals surface area contributed by atoms with E-state index in [1.807, 2.05) is 54.6 Å². The summed E-state index contributed by atoms with van der Waals surface area (Å²) in [6.45, 7) is 3.23. The number of nitrogens with zero attached hydrogens (tertiary/aromatic N) is 2. The van der Waals surface area contributed by atoms with Crippen LogP contribution in [0.1, 0.15) is 17.9 Å². The lowest BCUT2D eigenvalue weighted by molar-refractivity contribution is -0.135. The van der Waals surface area contributed by atoms with Crippen LogP contribution in [0.4, 0.5) is 5.69 Å². The Morgan fingerprint density at radius 2 is 1.85 bits per heavy atom. The minimum absolute atomic E-state index is 0.155. The number of carboxylic acids is 1. The van der Waals surface area contributed by atoms with Crippen LogP contribution in [0.25, 0.3) is 22.7 Å². The number of morpholine rings is 1. The van der Waals surface area contributed by atoms with E-state index < -0.39 is 5.97 Å². The summed E-state index contributed by atoms with van der Waals surface area (Å²) >= 11 is 0. The number of para-hydroxylation sites is 2. The van der Waals surface area contributed by atoms with E-state index in [0.29, 0.717) is 22.6 Å². The van der Waals surface area contributed by atoms with Crippen LogP contribution in [-0.4, -0.2) is 42.4 Å². The van der Waals surface area contributed by atoms with Gasteiger partial charge in [0, 0.05) is 24.4 Å². The van der Waals surface area contributed by atoms with Gasteiger partial charge in [-0.2, -0.15) is 0 Å². The number of benzene rings is 2. The smallest absolute Gasteiger partial charge is 0.308 e. The number of carbonyl (C=O) groups is 1. The van der Waals surface area contributed by atoms with Gasteiger partial charge >= 0.3 is 5.97 Å². The van der Waals surface area contributed by atoms with Gasteiger partial charge in [0.1, 0.15) is 5.52 Å². The molecule has 0 saturated carbocycles. The summed E-state index contributed by atoms with van der Waals surface area (Å²) < 4.78 is 11.1. The Morgan fingerprint density at radius 3 is 2.56 bits per heavy atom. The molecule has 1 N–H and O–H groups in total. The van der Waals surface area contributed by atoms with Crippen molar-refractivity contribution in [3.05, 3.63) is 60.0 Å². The van der Waals surface area contributed by atoms with Crippen LogP contribution in [-0.2, 0) is 9.53 Å². The molecule has 3 aromatic rings. The number of anilines is 1. The first-order valence-electron chi connectivity index (χ1n) is 8.90. The van der Waals surface area contributed by atoms with Gasteiger partial charge < -0.3 is 19.2 Å². The Hall–Kier alpha value is -3.12. The third-order valence-electron chi connectivity index (χ3n) is 4.52. The van der Waals surface area contributed by atoms with Crippen molar-refractivity contribution < 1.29 is 19.1 Å². The molecule has 0 aliphatic carbocycles. The Morgan fingerprint density at radius 1 is 1.11 bits per heavy atom. The molecule has 2 aromatic carbocycles. The zero-order chi connectivity index (χ0) is 18.6. The van der Waals surface area contributed by atoms with Crippen molar-refractivity contribution in [2.45, 2.75) is 6.42 Å². The van der Waals surface area contributed by atoms with Crippen molar-refractivity contribution >= 4 is 34.4 Å². The fourth-order valence-corrected chi connectivity index (χ4v) is 3.16. The third-order valence-corrected chi connectivity index (χ3v) is 4.52. The number of fused-ring (bicyclic) bond motifs is 1. The van der Waals surface area contributed by atoms with Gasteiger partial charge in [0.25, 0.3) is 0 Å². The second kappa shape index (κ2) is 7.63. The molecule has 27 heavy (non-hydrogen) atoms. The van der Waals surface area contributed by atoms with Gasteiger partial charge in [-0.15, -0.1) is 0 Å². The fourth-order valence-electron chi connectivity index (χ4n) is 3.16. The van der Waals surface area contributed by atoms with E-state index in [9.17, 15) is 9.90 Å². The normalized spacial score (nSPS) is 15.3. The molecule has 0 amide bonds. The fraction of sp³-hybridized carbons (Fsp3) is 0.238. The van der Waals surface area contributed by atoms with Crippen molar-refractivity contribution in [1.82, 2.24) is 4.98 Å². The van der Waals surface area contributed by atoms with E-state index in [1.165, 1.54) is 0 Å². The van der Waals surface area contributed by atoms with Crippen molar-refractivity contribution in [3.8, 4) is 0 Å². The molecule has 0 unspecified atom stereocenters. The lowest BCUT2D eigenvalue weighted by Gasteiger charge is -2.28. The first-order chi connectivity index (χ1) is 13.2. The highest BCUT2D eigenvalue weighted by molar-refractivity contribution is 5.91. The van der Waals surface area contributed by atoms with Gasteiger partial charge in [-0.1, -0.05) is 24.3 Å². The van der Waals surface area contributed by atoms with Gasteiger partial charge in [-0.3, -0.25) is 4.79 Å². The minimum Gasteiger partial charge on any atom is -0.481 e. The van der Waals surface area contributed by atoms with Gasteiger partial charge in [0.15, 0.2) is 5.58 Å². The Balaban J connectivity index is 1.63. The molecular formula is C21H20N2O4. The molecule has 2 heterocycles. The van der Waals surface area contributed by atoms with E-state index in [1.54, 1.807) is 0 Å². The first-order valence-corrected chi connectivity index (χ1v) is 8.90. The molecule has 138 valence electrons. The van der Waals surface area contributed by atoms with Crippen LogP contribution in [0, 0.1) is 0 Å². The van der Waals surface area contributed by atoms with Crippen molar-refractivity contribution in [1.29, 1.82) is 0 Å². The lowest BCUT2D eigenvalue weighted by atomic mass is 10.1. The quantitative estimate of drug-likeness (QED) is 0.744. The number of oxazole rings is 1. The second-order valence-corrected chi connectivity index (χ2v) is 6.42. The van der Waals surface area contributed by atoms with E-state index in [4.69, 9.17) is 9.15 Å². The maximum absolute atomic E-state index is 11.3. The predicted octanol–water partition coefficient (Wildman–Crippen LogP) is 3.68. The van der Waals surface area contributed by atoms with E-state index in [-0.39, 0.29) is 6.42 Å². The number of rotatable bonds is 5. The molecule has 4 rings (SSSR count). The highest BCUT2D eigenvalue weighted by Crippen LogP contribution is 2.26. The van der Waals surface area contributed by atoms with E-state index in [2.05, 4.69) is 9.88 Å². The van der Waals surface area contributed by atoms with Crippen LogP contribution in [0.15, 0.2) is 52.9 Å². The molecular weight excluding hydrogens is 344 g/mol. The summed E-state index contributed by atoms with van der Waals surface area (Å²) in [5.41, 5.74) is 3.94. The van der Waals surface area contributed by atoms with Gasteiger partial charge in [0.2, 0.25) is 5.89 Å². The summed E-state index contributed by atoms with van der Waals surface area (Å²) in [7, 11) is 0. The third kappa shape index (κ3) is 4.01. The Kier molecular flexibility index (Phi) is 4.89. The lowest BCUT2D eigenvalue weighted by Crippen LogP contribution is -2.36.